The van der Waals surface area contributed by atoms with Crippen LogP contribution in [0.1, 0.15) is 11.3 Å². The minimum Gasteiger partial charge on any atom is -0.487 e. The summed E-state index contributed by atoms with van der Waals surface area (Å²) in [6.45, 7) is 0.137. The average molecular weight is 377 g/mol. The van der Waals surface area contributed by atoms with Crippen LogP contribution >= 0.6 is 11.6 Å². The van der Waals surface area contributed by atoms with Crippen LogP contribution in [-0.2, 0) is 13.2 Å². The molecule has 132 valence electrons. The second-order valence-corrected chi connectivity index (χ2v) is 5.59. The van der Waals surface area contributed by atoms with Crippen LogP contribution < -0.4 is 16.0 Å². The van der Waals surface area contributed by atoms with Crippen molar-refractivity contribution >= 4 is 17.7 Å². The fraction of sp³-hybridized carbons (Fsp3) is 0.200. The molecule has 0 radical (unpaired) electrons. The first kappa shape index (κ1) is 17.3. The van der Waals surface area contributed by atoms with Gasteiger partial charge < -0.3 is 4.74 Å². The lowest BCUT2D eigenvalue weighted by atomic mass is 10.1. The Kier molecular flexibility index (Phi) is 3.98. The molecule has 1 aromatic carbocycles. The first-order chi connectivity index (χ1) is 11.6. The molecule has 0 aliphatic carbocycles. The van der Waals surface area contributed by atoms with E-state index < -0.39 is 34.6 Å². The summed E-state index contributed by atoms with van der Waals surface area (Å²) in [7, 11) is 0.841. The summed E-state index contributed by atoms with van der Waals surface area (Å²) >= 11 is 5.88. The molecule has 0 saturated heterocycles. The summed E-state index contributed by atoms with van der Waals surface area (Å²) in [6, 6.07) is 1.06. The zero-order valence-corrected chi connectivity index (χ0v) is 13.3. The molecule has 0 unspecified atom stereocenters. The van der Waals surface area contributed by atoms with E-state index in [0.29, 0.717) is 4.57 Å². The molecular formula is C15H9ClF4N2O3. The minimum atomic E-state index is -4.91. The number of benzene rings is 1. The number of hydrogen-bond acceptors (Lipinski definition) is 3. The molecule has 0 atom stereocenters. The van der Waals surface area contributed by atoms with Gasteiger partial charge in [-0.2, -0.15) is 13.2 Å². The van der Waals surface area contributed by atoms with Gasteiger partial charge in [-0.3, -0.25) is 9.36 Å². The van der Waals surface area contributed by atoms with Gasteiger partial charge in [0.2, 0.25) is 0 Å². The summed E-state index contributed by atoms with van der Waals surface area (Å²) in [5.74, 6) is -1.01. The summed E-state index contributed by atoms with van der Waals surface area (Å²) in [5, 5.41) is -0.0858. The molecule has 1 aliphatic heterocycles. The number of ether oxygens (including phenoxy) is 1. The summed E-state index contributed by atoms with van der Waals surface area (Å²) < 4.78 is 59.0. The normalized spacial score (nSPS) is 13.5. The first-order valence-electron chi connectivity index (χ1n) is 6.85. The second-order valence-electron chi connectivity index (χ2n) is 5.19. The molecule has 3 rings (SSSR count). The molecule has 5 nitrogen and oxygen atoms in total. The zero-order chi connectivity index (χ0) is 18.5. The average Bonchev–Trinajstić information content (AvgIpc) is 2.53. The summed E-state index contributed by atoms with van der Waals surface area (Å²) in [4.78, 5) is 24.5. The largest absolute Gasteiger partial charge is 0.487 e. The van der Waals surface area contributed by atoms with Gasteiger partial charge in [0.25, 0.3) is 5.56 Å². The molecule has 10 heteroatoms. The van der Waals surface area contributed by atoms with Gasteiger partial charge in [-0.1, -0.05) is 11.6 Å². The van der Waals surface area contributed by atoms with Gasteiger partial charge in [0.1, 0.15) is 29.6 Å². The molecule has 0 spiro atoms. The maximum absolute atomic E-state index is 14.4. The van der Waals surface area contributed by atoms with E-state index in [1.807, 2.05) is 0 Å². The Morgan fingerprint density at radius 2 is 1.92 bits per heavy atom. The Morgan fingerprint density at radius 1 is 1.24 bits per heavy atom. The third-order valence-corrected chi connectivity index (χ3v) is 3.92. The Labute approximate surface area is 142 Å². The SMILES string of the molecule is Cn1c(C(F)(F)F)cc(=O)n(-c2c(F)cc(Cl)c3c2C=CCO3)c1=O. The number of halogens is 5. The zero-order valence-electron chi connectivity index (χ0n) is 12.5. The van der Waals surface area contributed by atoms with Crippen molar-refractivity contribution in [3.05, 3.63) is 61.1 Å². The van der Waals surface area contributed by atoms with Crippen LogP contribution in [0, 0.1) is 5.82 Å². The summed E-state index contributed by atoms with van der Waals surface area (Å²) in [6.07, 6.45) is -2.04. The Morgan fingerprint density at radius 3 is 2.56 bits per heavy atom. The lowest BCUT2D eigenvalue weighted by Gasteiger charge is -2.20. The van der Waals surface area contributed by atoms with Gasteiger partial charge in [0.15, 0.2) is 0 Å². The standard InChI is InChI=1S/C15H9ClF4N2O3/c1-21-10(15(18,19)20)6-11(23)22(14(21)24)12-7-3-2-4-25-13(7)8(16)5-9(12)17/h2-3,5-6H,4H2,1H3. The van der Waals surface area contributed by atoms with Crippen molar-refractivity contribution in [1.29, 1.82) is 0 Å². The van der Waals surface area contributed by atoms with Crippen LogP contribution in [0.4, 0.5) is 17.6 Å². The van der Waals surface area contributed by atoms with Crippen LogP contribution in [0.5, 0.6) is 5.75 Å². The number of fused-ring (bicyclic) bond motifs is 1. The van der Waals surface area contributed by atoms with E-state index in [9.17, 15) is 27.2 Å². The van der Waals surface area contributed by atoms with Crippen molar-refractivity contribution in [2.24, 2.45) is 7.05 Å². The molecular weight excluding hydrogens is 368 g/mol. The fourth-order valence-electron chi connectivity index (χ4n) is 2.54. The van der Waals surface area contributed by atoms with Gasteiger partial charge in [0, 0.05) is 18.7 Å². The van der Waals surface area contributed by atoms with Crippen LogP contribution in [0.3, 0.4) is 0 Å². The number of rotatable bonds is 1. The number of aromatic nitrogens is 2. The van der Waals surface area contributed by atoms with E-state index in [4.69, 9.17) is 16.3 Å². The lowest BCUT2D eigenvalue weighted by molar-refractivity contribution is -0.144. The molecule has 2 heterocycles. The third kappa shape index (κ3) is 2.74. The first-order valence-corrected chi connectivity index (χ1v) is 7.22. The van der Waals surface area contributed by atoms with Crippen molar-refractivity contribution in [3.63, 3.8) is 0 Å². The van der Waals surface area contributed by atoms with E-state index in [1.54, 1.807) is 0 Å². The molecule has 0 N–H and O–H groups in total. The molecule has 1 aromatic heterocycles. The highest BCUT2D eigenvalue weighted by Crippen LogP contribution is 2.37. The van der Waals surface area contributed by atoms with E-state index in [0.717, 1.165) is 13.1 Å². The molecule has 0 saturated carbocycles. The highest BCUT2D eigenvalue weighted by atomic mass is 35.5. The molecule has 0 bridgehead atoms. The lowest BCUT2D eigenvalue weighted by Crippen LogP contribution is -2.41. The third-order valence-electron chi connectivity index (χ3n) is 3.64. The van der Waals surface area contributed by atoms with Gasteiger partial charge in [-0.15, -0.1) is 0 Å². The predicted molar refractivity (Wildman–Crippen MR) is 81.8 cm³/mol. The van der Waals surface area contributed by atoms with Crippen LogP contribution in [0.2, 0.25) is 5.02 Å². The van der Waals surface area contributed by atoms with E-state index in [-0.39, 0.29) is 33.6 Å². The highest BCUT2D eigenvalue weighted by molar-refractivity contribution is 6.32. The van der Waals surface area contributed by atoms with Crippen molar-refractivity contribution in [2.75, 3.05) is 6.61 Å². The monoisotopic (exact) mass is 376 g/mol. The van der Waals surface area contributed by atoms with Crippen molar-refractivity contribution in [2.45, 2.75) is 6.18 Å². The number of hydrogen-bond donors (Lipinski definition) is 0. The topological polar surface area (TPSA) is 53.2 Å². The predicted octanol–water partition coefficient (Wildman–Crippen LogP) is 2.75. The van der Waals surface area contributed by atoms with E-state index in [1.165, 1.54) is 12.2 Å². The Hall–Kier alpha value is -2.55. The van der Waals surface area contributed by atoms with Gasteiger partial charge in [-0.25, -0.2) is 13.8 Å². The minimum absolute atomic E-state index is 0.00444. The maximum atomic E-state index is 14.4. The van der Waals surface area contributed by atoms with Crippen molar-refractivity contribution in [3.8, 4) is 11.4 Å². The molecule has 1 aliphatic rings. The molecule has 2 aromatic rings. The van der Waals surface area contributed by atoms with Crippen LogP contribution in [0.15, 0.2) is 27.8 Å². The maximum Gasteiger partial charge on any atom is 0.431 e. The smallest absolute Gasteiger partial charge is 0.431 e. The Bertz CT molecular complexity index is 1020. The van der Waals surface area contributed by atoms with Gasteiger partial charge in [0.05, 0.1) is 5.02 Å². The van der Waals surface area contributed by atoms with Crippen LogP contribution in [-0.4, -0.2) is 15.7 Å². The fourth-order valence-corrected chi connectivity index (χ4v) is 2.79. The molecule has 25 heavy (non-hydrogen) atoms. The van der Waals surface area contributed by atoms with E-state index >= 15 is 0 Å². The van der Waals surface area contributed by atoms with Crippen LogP contribution in [0.25, 0.3) is 11.8 Å². The number of nitrogens with zero attached hydrogens (tertiary/aromatic N) is 2. The van der Waals surface area contributed by atoms with Crippen molar-refractivity contribution < 1.29 is 22.3 Å². The van der Waals surface area contributed by atoms with Crippen molar-refractivity contribution in [1.82, 2.24) is 9.13 Å². The Balaban J connectivity index is 2.41. The van der Waals surface area contributed by atoms with Gasteiger partial charge >= 0.3 is 11.9 Å². The highest BCUT2D eigenvalue weighted by Gasteiger charge is 2.35. The molecule has 0 amide bonds. The number of alkyl halides is 3. The van der Waals surface area contributed by atoms with E-state index in [2.05, 4.69) is 0 Å². The van der Waals surface area contributed by atoms with Gasteiger partial charge in [-0.05, 0) is 18.2 Å². The molecule has 0 fully saturated rings. The summed E-state index contributed by atoms with van der Waals surface area (Å²) in [5.41, 5.74) is -4.63. The second kappa shape index (κ2) is 5.76. The quantitative estimate of drug-likeness (QED) is 0.719.